The van der Waals surface area contributed by atoms with Crippen molar-refractivity contribution in [2.75, 3.05) is 11.1 Å². The predicted octanol–water partition coefficient (Wildman–Crippen LogP) is 2.55. The Bertz CT molecular complexity index is 698. The molecule has 0 spiro atoms. The first-order valence-electron chi connectivity index (χ1n) is 7.29. The summed E-state index contributed by atoms with van der Waals surface area (Å²) in [5.74, 6) is -0.546. The van der Waals surface area contributed by atoms with E-state index < -0.39 is 18.0 Å². The number of hydrogen-bond donors (Lipinski definition) is 2. The van der Waals surface area contributed by atoms with Crippen LogP contribution in [-0.4, -0.2) is 23.0 Å². The molecule has 1 heterocycles. The Labute approximate surface area is 134 Å². The van der Waals surface area contributed by atoms with Gasteiger partial charge < -0.3 is 15.8 Å². The number of pyridine rings is 1. The topological polar surface area (TPSA) is 94.3 Å². The van der Waals surface area contributed by atoms with Crippen molar-refractivity contribution in [3.8, 4) is 0 Å². The van der Waals surface area contributed by atoms with Gasteiger partial charge in [0.1, 0.15) is 5.82 Å². The maximum absolute atomic E-state index is 12.2. The van der Waals surface area contributed by atoms with E-state index in [0.717, 1.165) is 5.56 Å². The zero-order valence-electron chi connectivity index (χ0n) is 13.1. The summed E-state index contributed by atoms with van der Waals surface area (Å²) < 4.78 is 5.27. The molecule has 0 radical (unpaired) electrons. The molecule has 6 heteroatoms. The number of amides is 1. The molecule has 1 amide bonds. The Morgan fingerprint density at radius 1 is 1.26 bits per heavy atom. The highest BCUT2D eigenvalue weighted by Crippen LogP contribution is 2.12. The maximum atomic E-state index is 12.2. The summed E-state index contributed by atoms with van der Waals surface area (Å²) in [5.41, 5.74) is 7.45. The van der Waals surface area contributed by atoms with Crippen molar-refractivity contribution in [1.82, 2.24) is 4.98 Å². The van der Waals surface area contributed by atoms with Crippen LogP contribution in [0.1, 0.15) is 29.3 Å². The van der Waals surface area contributed by atoms with E-state index in [4.69, 9.17) is 10.5 Å². The van der Waals surface area contributed by atoms with Crippen molar-refractivity contribution in [3.05, 3.63) is 53.7 Å². The zero-order chi connectivity index (χ0) is 16.8. The Hall–Kier alpha value is -2.89. The van der Waals surface area contributed by atoms with Crippen LogP contribution in [0.3, 0.4) is 0 Å². The normalized spacial score (nSPS) is 11.6. The first-order chi connectivity index (χ1) is 11.0. The van der Waals surface area contributed by atoms with Crippen LogP contribution < -0.4 is 11.1 Å². The number of esters is 1. The third kappa shape index (κ3) is 4.54. The SMILES string of the molecule is CCC(OC(=O)c1ccc(N)cc1)C(=O)Nc1cc(C)ccn1. The summed E-state index contributed by atoms with van der Waals surface area (Å²) in [4.78, 5) is 28.4. The lowest BCUT2D eigenvalue weighted by Crippen LogP contribution is -2.32. The van der Waals surface area contributed by atoms with Gasteiger partial charge in [-0.3, -0.25) is 4.79 Å². The van der Waals surface area contributed by atoms with Gasteiger partial charge in [0.25, 0.3) is 5.91 Å². The average Bonchev–Trinajstić information content (AvgIpc) is 2.53. The number of anilines is 2. The molecule has 0 aliphatic carbocycles. The third-order valence-electron chi connectivity index (χ3n) is 3.23. The zero-order valence-corrected chi connectivity index (χ0v) is 13.1. The van der Waals surface area contributed by atoms with Gasteiger partial charge in [-0.25, -0.2) is 9.78 Å². The number of carbonyl (C=O) groups is 2. The van der Waals surface area contributed by atoms with Crippen LogP contribution in [0.5, 0.6) is 0 Å². The number of aromatic nitrogens is 1. The standard InChI is InChI=1S/C17H19N3O3/c1-3-14(16(21)20-15-10-11(2)8-9-19-15)23-17(22)12-4-6-13(18)7-5-12/h4-10,14H,3,18H2,1-2H3,(H,19,20,21). The fourth-order valence-electron chi connectivity index (χ4n) is 1.95. The summed E-state index contributed by atoms with van der Waals surface area (Å²) >= 11 is 0. The molecule has 1 aromatic carbocycles. The van der Waals surface area contributed by atoms with Gasteiger partial charge in [0.2, 0.25) is 0 Å². The fraction of sp³-hybridized carbons (Fsp3) is 0.235. The predicted molar refractivity (Wildman–Crippen MR) is 88.0 cm³/mol. The highest BCUT2D eigenvalue weighted by molar-refractivity contribution is 5.97. The quantitative estimate of drug-likeness (QED) is 0.653. The molecule has 0 aliphatic heterocycles. The summed E-state index contributed by atoms with van der Waals surface area (Å²) in [6, 6.07) is 9.90. The minimum Gasteiger partial charge on any atom is -0.449 e. The Morgan fingerprint density at radius 3 is 2.57 bits per heavy atom. The third-order valence-corrected chi connectivity index (χ3v) is 3.23. The first kappa shape index (κ1) is 16.5. The molecule has 1 unspecified atom stereocenters. The molecule has 2 rings (SSSR count). The van der Waals surface area contributed by atoms with Crippen LogP contribution in [-0.2, 0) is 9.53 Å². The van der Waals surface area contributed by atoms with E-state index in [1.54, 1.807) is 43.5 Å². The minimum atomic E-state index is -0.887. The van der Waals surface area contributed by atoms with Gasteiger partial charge >= 0.3 is 5.97 Å². The van der Waals surface area contributed by atoms with E-state index in [1.807, 2.05) is 13.0 Å². The van der Waals surface area contributed by atoms with E-state index in [9.17, 15) is 9.59 Å². The average molecular weight is 313 g/mol. The number of hydrogen-bond acceptors (Lipinski definition) is 5. The Balaban J connectivity index is 2.02. The molecule has 1 atom stereocenters. The molecule has 1 aromatic heterocycles. The number of nitrogens with one attached hydrogen (secondary N) is 1. The van der Waals surface area contributed by atoms with E-state index >= 15 is 0 Å². The van der Waals surface area contributed by atoms with Crippen molar-refractivity contribution < 1.29 is 14.3 Å². The van der Waals surface area contributed by atoms with Gasteiger partial charge in [-0.1, -0.05) is 6.92 Å². The molecular weight excluding hydrogens is 294 g/mol. The number of nitrogens with two attached hydrogens (primary N) is 1. The van der Waals surface area contributed by atoms with Crippen LogP contribution in [0.15, 0.2) is 42.6 Å². The number of nitrogen functional groups attached to an aromatic ring is 1. The lowest BCUT2D eigenvalue weighted by atomic mass is 10.2. The van der Waals surface area contributed by atoms with Gasteiger partial charge in [0, 0.05) is 11.9 Å². The molecule has 2 aromatic rings. The lowest BCUT2D eigenvalue weighted by molar-refractivity contribution is -0.124. The van der Waals surface area contributed by atoms with Crippen LogP contribution in [0.25, 0.3) is 0 Å². The Kier molecular flexibility index (Phi) is 5.30. The summed E-state index contributed by atoms with van der Waals surface area (Å²) in [6.45, 7) is 3.67. The molecule has 0 aliphatic rings. The monoisotopic (exact) mass is 313 g/mol. The molecule has 3 N–H and O–H groups in total. The molecular formula is C17H19N3O3. The van der Waals surface area contributed by atoms with Crippen LogP contribution in [0.4, 0.5) is 11.5 Å². The second-order valence-electron chi connectivity index (χ2n) is 5.13. The van der Waals surface area contributed by atoms with Crippen molar-refractivity contribution >= 4 is 23.4 Å². The van der Waals surface area contributed by atoms with Crippen molar-refractivity contribution in [2.45, 2.75) is 26.4 Å². The van der Waals surface area contributed by atoms with E-state index in [1.165, 1.54) is 0 Å². The van der Waals surface area contributed by atoms with Gasteiger partial charge in [-0.15, -0.1) is 0 Å². The number of benzene rings is 1. The van der Waals surface area contributed by atoms with Gasteiger partial charge in [-0.05, 0) is 55.3 Å². The smallest absolute Gasteiger partial charge is 0.338 e. The number of nitrogens with zero attached hydrogens (tertiary/aromatic N) is 1. The van der Waals surface area contributed by atoms with Gasteiger partial charge in [0.15, 0.2) is 6.10 Å². The first-order valence-corrected chi connectivity index (χ1v) is 7.29. The number of aryl methyl sites for hydroxylation is 1. The lowest BCUT2D eigenvalue weighted by Gasteiger charge is -2.16. The molecule has 23 heavy (non-hydrogen) atoms. The second kappa shape index (κ2) is 7.40. The van der Waals surface area contributed by atoms with Crippen molar-refractivity contribution in [2.24, 2.45) is 0 Å². The molecule has 0 fully saturated rings. The maximum Gasteiger partial charge on any atom is 0.338 e. The van der Waals surface area contributed by atoms with E-state index in [-0.39, 0.29) is 0 Å². The molecule has 0 saturated carbocycles. The summed E-state index contributed by atoms with van der Waals surface area (Å²) in [5, 5.41) is 2.65. The number of rotatable bonds is 5. The molecule has 0 bridgehead atoms. The number of carbonyl (C=O) groups excluding carboxylic acids is 2. The number of ether oxygens (including phenoxy) is 1. The summed E-state index contributed by atoms with van der Waals surface area (Å²) in [7, 11) is 0. The highest BCUT2D eigenvalue weighted by Gasteiger charge is 2.22. The van der Waals surface area contributed by atoms with E-state index in [0.29, 0.717) is 23.5 Å². The Morgan fingerprint density at radius 2 is 1.96 bits per heavy atom. The van der Waals surface area contributed by atoms with Gasteiger partial charge in [-0.2, -0.15) is 0 Å². The van der Waals surface area contributed by atoms with Gasteiger partial charge in [0.05, 0.1) is 5.56 Å². The van der Waals surface area contributed by atoms with E-state index in [2.05, 4.69) is 10.3 Å². The largest absolute Gasteiger partial charge is 0.449 e. The van der Waals surface area contributed by atoms with Crippen molar-refractivity contribution in [3.63, 3.8) is 0 Å². The van der Waals surface area contributed by atoms with Crippen molar-refractivity contribution in [1.29, 1.82) is 0 Å². The van der Waals surface area contributed by atoms with Crippen LogP contribution in [0.2, 0.25) is 0 Å². The molecule has 120 valence electrons. The second-order valence-corrected chi connectivity index (χ2v) is 5.13. The van der Waals surface area contributed by atoms with Crippen LogP contribution in [0, 0.1) is 6.92 Å². The fourth-order valence-corrected chi connectivity index (χ4v) is 1.95. The minimum absolute atomic E-state index is 0.346. The molecule has 0 saturated heterocycles. The summed E-state index contributed by atoms with van der Waals surface area (Å²) in [6.07, 6.45) is 1.08. The molecule has 6 nitrogen and oxygen atoms in total. The van der Waals surface area contributed by atoms with Crippen LogP contribution >= 0.6 is 0 Å². The highest BCUT2D eigenvalue weighted by atomic mass is 16.5.